The number of methoxy groups -OCH3 is 1. The van der Waals surface area contributed by atoms with Gasteiger partial charge in [-0.05, 0) is 45.7 Å². The topological polar surface area (TPSA) is 30.5 Å². The van der Waals surface area contributed by atoms with Gasteiger partial charge in [-0.15, -0.1) is 0 Å². The van der Waals surface area contributed by atoms with Crippen LogP contribution in [0.25, 0.3) is 0 Å². The fourth-order valence-corrected chi connectivity index (χ4v) is 2.80. The molecule has 0 heterocycles. The van der Waals surface area contributed by atoms with Crippen LogP contribution in [0.4, 0.5) is 0 Å². The Labute approximate surface area is 122 Å². The van der Waals surface area contributed by atoms with Gasteiger partial charge in [-0.2, -0.15) is 0 Å². The third kappa shape index (κ3) is 3.89. The maximum Gasteiger partial charge on any atom is 0.128 e. The maximum atomic E-state index is 6.31. The first-order chi connectivity index (χ1) is 9.74. The first-order valence-electron chi connectivity index (χ1n) is 7.76. The molecular weight excluding hydrogens is 250 g/mol. The zero-order valence-electron chi connectivity index (χ0n) is 12.9. The lowest BCUT2D eigenvalue weighted by atomic mass is 10.1. The third-order valence-electron chi connectivity index (χ3n) is 4.22. The molecule has 0 aromatic heterocycles. The van der Waals surface area contributed by atoms with Crippen molar-refractivity contribution in [1.82, 2.24) is 5.32 Å². The van der Waals surface area contributed by atoms with E-state index in [0.717, 1.165) is 11.5 Å². The molecule has 3 heteroatoms. The monoisotopic (exact) mass is 277 g/mol. The lowest BCUT2D eigenvalue weighted by Gasteiger charge is -2.22. The van der Waals surface area contributed by atoms with E-state index in [1.165, 1.54) is 44.1 Å². The van der Waals surface area contributed by atoms with Gasteiger partial charge in [-0.25, -0.2) is 0 Å². The van der Waals surface area contributed by atoms with Crippen LogP contribution in [0.2, 0.25) is 0 Å². The van der Waals surface area contributed by atoms with E-state index < -0.39 is 0 Å². The summed E-state index contributed by atoms with van der Waals surface area (Å²) in [6.45, 7) is 2.15. The van der Waals surface area contributed by atoms with Crippen molar-refractivity contribution in [2.75, 3.05) is 14.2 Å². The molecule has 1 unspecified atom stereocenters. The SMILES string of the molecule is CNC(C)c1ccc(OC)cc1OC1CCCCCC1. The van der Waals surface area contributed by atoms with E-state index in [1.807, 2.05) is 19.2 Å². The Morgan fingerprint density at radius 2 is 1.85 bits per heavy atom. The first kappa shape index (κ1) is 15.2. The Bertz CT molecular complexity index is 411. The van der Waals surface area contributed by atoms with Crippen LogP contribution in [0.15, 0.2) is 18.2 Å². The molecule has 2 rings (SSSR count). The summed E-state index contributed by atoms with van der Waals surface area (Å²) < 4.78 is 11.6. The van der Waals surface area contributed by atoms with Gasteiger partial charge in [-0.1, -0.05) is 18.9 Å². The number of ether oxygens (including phenoxy) is 2. The first-order valence-corrected chi connectivity index (χ1v) is 7.76. The Balaban J connectivity index is 2.17. The van der Waals surface area contributed by atoms with Crippen LogP contribution in [0.5, 0.6) is 11.5 Å². The highest BCUT2D eigenvalue weighted by Gasteiger charge is 2.18. The average Bonchev–Trinajstić information content (AvgIpc) is 2.75. The van der Waals surface area contributed by atoms with Crippen LogP contribution in [0, 0.1) is 0 Å². The zero-order chi connectivity index (χ0) is 14.4. The summed E-state index contributed by atoms with van der Waals surface area (Å²) in [5.74, 6) is 1.83. The molecule has 0 saturated heterocycles. The molecule has 1 aromatic rings. The number of benzene rings is 1. The molecule has 0 bridgehead atoms. The van der Waals surface area contributed by atoms with E-state index >= 15 is 0 Å². The molecule has 1 aliphatic carbocycles. The van der Waals surface area contributed by atoms with Crippen molar-refractivity contribution >= 4 is 0 Å². The highest BCUT2D eigenvalue weighted by Crippen LogP contribution is 2.32. The predicted octanol–water partition coefficient (Wildman–Crippen LogP) is 4.08. The Morgan fingerprint density at radius 1 is 1.15 bits per heavy atom. The second-order valence-corrected chi connectivity index (χ2v) is 5.65. The summed E-state index contributed by atoms with van der Waals surface area (Å²) >= 11 is 0. The molecule has 0 radical (unpaired) electrons. The van der Waals surface area contributed by atoms with E-state index in [2.05, 4.69) is 18.3 Å². The Kier molecular flexibility index (Phi) is 5.72. The van der Waals surface area contributed by atoms with Gasteiger partial charge < -0.3 is 14.8 Å². The second kappa shape index (κ2) is 7.53. The quantitative estimate of drug-likeness (QED) is 0.823. The summed E-state index contributed by atoms with van der Waals surface area (Å²) in [5, 5.41) is 3.29. The highest BCUT2D eigenvalue weighted by molar-refractivity contribution is 5.42. The predicted molar refractivity (Wildman–Crippen MR) is 82.6 cm³/mol. The molecule has 1 saturated carbocycles. The molecule has 20 heavy (non-hydrogen) atoms. The smallest absolute Gasteiger partial charge is 0.128 e. The maximum absolute atomic E-state index is 6.31. The Hall–Kier alpha value is -1.22. The molecule has 1 aliphatic rings. The van der Waals surface area contributed by atoms with Crippen LogP contribution < -0.4 is 14.8 Å². The fourth-order valence-electron chi connectivity index (χ4n) is 2.80. The van der Waals surface area contributed by atoms with Gasteiger partial charge in [0.1, 0.15) is 11.5 Å². The molecule has 0 spiro atoms. The summed E-state index contributed by atoms with van der Waals surface area (Å²) in [4.78, 5) is 0. The van der Waals surface area contributed by atoms with Gasteiger partial charge >= 0.3 is 0 Å². The van der Waals surface area contributed by atoms with Crippen molar-refractivity contribution in [2.45, 2.75) is 57.6 Å². The summed E-state index contributed by atoms with van der Waals surface area (Å²) in [6, 6.07) is 6.41. The van der Waals surface area contributed by atoms with Crippen molar-refractivity contribution in [3.8, 4) is 11.5 Å². The van der Waals surface area contributed by atoms with Crippen molar-refractivity contribution in [1.29, 1.82) is 0 Å². The molecule has 0 amide bonds. The molecular formula is C17H27NO2. The number of hydrogen-bond donors (Lipinski definition) is 1. The largest absolute Gasteiger partial charge is 0.497 e. The van der Waals surface area contributed by atoms with Gasteiger partial charge in [0.2, 0.25) is 0 Å². The lowest BCUT2D eigenvalue weighted by molar-refractivity contribution is 0.180. The van der Waals surface area contributed by atoms with Gasteiger partial charge in [0.25, 0.3) is 0 Å². The lowest BCUT2D eigenvalue weighted by Crippen LogP contribution is -2.19. The average molecular weight is 277 g/mol. The van der Waals surface area contributed by atoms with Gasteiger partial charge in [0, 0.05) is 17.7 Å². The van der Waals surface area contributed by atoms with Crippen LogP contribution in [-0.4, -0.2) is 20.3 Å². The summed E-state index contributed by atoms with van der Waals surface area (Å²) in [6.07, 6.45) is 7.95. The Morgan fingerprint density at radius 3 is 2.45 bits per heavy atom. The normalized spacial score (nSPS) is 18.4. The molecule has 1 atom stereocenters. The molecule has 0 aliphatic heterocycles. The minimum atomic E-state index is 0.279. The van der Waals surface area contributed by atoms with Crippen LogP contribution in [-0.2, 0) is 0 Å². The van der Waals surface area contributed by atoms with Gasteiger partial charge in [0.05, 0.1) is 13.2 Å². The minimum Gasteiger partial charge on any atom is -0.497 e. The molecule has 3 nitrogen and oxygen atoms in total. The second-order valence-electron chi connectivity index (χ2n) is 5.65. The van der Waals surface area contributed by atoms with Gasteiger partial charge in [0.15, 0.2) is 0 Å². The number of nitrogens with one attached hydrogen (secondary N) is 1. The van der Waals surface area contributed by atoms with Crippen molar-refractivity contribution in [2.24, 2.45) is 0 Å². The van der Waals surface area contributed by atoms with Gasteiger partial charge in [-0.3, -0.25) is 0 Å². The fraction of sp³-hybridized carbons (Fsp3) is 0.647. The highest BCUT2D eigenvalue weighted by atomic mass is 16.5. The molecule has 1 aromatic carbocycles. The standard InChI is InChI=1S/C17H27NO2/c1-13(18-2)16-11-10-15(19-3)12-17(16)20-14-8-6-4-5-7-9-14/h10-14,18H,4-9H2,1-3H3. The van der Waals surface area contributed by atoms with E-state index in [9.17, 15) is 0 Å². The number of hydrogen-bond acceptors (Lipinski definition) is 3. The summed E-state index contributed by atoms with van der Waals surface area (Å²) in [7, 11) is 3.68. The van der Waals surface area contributed by atoms with Crippen molar-refractivity contribution in [3.63, 3.8) is 0 Å². The van der Waals surface area contributed by atoms with E-state index in [1.54, 1.807) is 7.11 Å². The van der Waals surface area contributed by atoms with Crippen LogP contribution >= 0.6 is 0 Å². The molecule has 1 N–H and O–H groups in total. The van der Waals surface area contributed by atoms with Crippen molar-refractivity contribution in [3.05, 3.63) is 23.8 Å². The zero-order valence-corrected chi connectivity index (χ0v) is 12.9. The molecule has 1 fully saturated rings. The van der Waals surface area contributed by atoms with Crippen LogP contribution in [0.1, 0.15) is 57.1 Å². The van der Waals surface area contributed by atoms with Crippen molar-refractivity contribution < 1.29 is 9.47 Å². The number of rotatable bonds is 5. The van der Waals surface area contributed by atoms with E-state index in [4.69, 9.17) is 9.47 Å². The minimum absolute atomic E-state index is 0.279. The van der Waals surface area contributed by atoms with E-state index in [0.29, 0.717) is 6.10 Å². The summed E-state index contributed by atoms with van der Waals surface area (Å²) in [5.41, 5.74) is 1.21. The van der Waals surface area contributed by atoms with E-state index in [-0.39, 0.29) is 6.04 Å². The third-order valence-corrected chi connectivity index (χ3v) is 4.22. The molecule has 112 valence electrons. The van der Waals surface area contributed by atoms with Crippen LogP contribution in [0.3, 0.4) is 0 Å².